The SMILES string of the molecule is Cn1nccc1-c1cc(NC(=O)c2cccc(C(F)(F)F)c2)ccc1O[C@@H]1CCN(c2cccc3c2Cc2ccccc2-3)C1. The number of hydrogen-bond donors (Lipinski definition) is 1. The summed E-state index contributed by atoms with van der Waals surface area (Å²) in [6, 6.07) is 26.6. The van der Waals surface area contributed by atoms with E-state index >= 15 is 0 Å². The lowest BCUT2D eigenvalue weighted by molar-refractivity contribution is -0.137. The predicted octanol–water partition coefficient (Wildman–Crippen LogP) is 7.59. The summed E-state index contributed by atoms with van der Waals surface area (Å²) in [5.74, 6) is 0.00733. The molecule has 9 heteroatoms. The maximum absolute atomic E-state index is 13.2. The van der Waals surface area contributed by atoms with Gasteiger partial charge in [0, 0.05) is 55.1 Å². The van der Waals surface area contributed by atoms with Crippen LogP contribution >= 0.6 is 0 Å². The van der Waals surface area contributed by atoms with Gasteiger partial charge < -0.3 is 15.0 Å². The van der Waals surface area contributed by atoms with E-state index in [1.165, 1.54) is 40.1 Å². The summed E-state index contributed by atoms with van der Waals surface area (Å²) < 4.78 is 47.9. The summed E-state index contributed by atoms with van der Waals surface area (Å²) in [6.07, 6.45) is -1.16. The molecule has 7 rings (SSSR count). The van der Waals surface area contributed by atoms with Crippen LogP contribution in [0.15, 0.2) is 97.2 Å². The fourth-order valence-electron chi connectivity index (χ4n) is 6.25. The Bertz CT molecular complexity index is 1880. The van der Waals surface area contributed by atoms with E-state index in [1.807, 2.05) is 13.1 Å². The lowest BCUT2D eigenvalue weighted by atomic mass is 10.0. The van der Waals surface area contributed by atoms with E-state index < -0.39 is 17.6 Å². The second kappa shape index (κ2) is 10.9. The topological polar surface area (TPSA) is 59.4 Å². The third-order valence-corrected chi connectivity index (χ3v) is 8.39. The molecular weight excluding hydrogens is 565 g/mol. The maximum atomic E-state index is 13.2. The minimum absolute atomic E-state index is 0.0628. The summed E-state index contributed by atoms with van der Waals surface area (Å²) in [6.45, 7) is 1.59. The van der Waals surface area contributed by atoms with E-state index in [1.54, 1.807) is 29.1 Å². The number of nitrogens with one attached hydrogen (secondary N) is 1. The van der Waals surface area contributed by atoms with Gasteiger partial charge in [0.1, 0.15) is 11.9 Å². The van der Waals surface area contributed by atoms with Gasteiger partial charge in [0.05, 0.1) is 17.8 Å². The Morgan fingerprint density at radius 3 is 2.57 bits per heavy atom. The zero-order valence-electron chi connectivity index (χ0n) is 23.9. The summed E-state index contributed by atoms with van der Waals surface area (Å²) in [7, 11) is 1.82. The van der Waals surface area contributed by atoms with Gasteiger partial charge in [-0.1, -0.05) is 42.5 Å². The summed E-state index contributed by atoms with van der Waals surface area (Å²) in [5, 5.41) is 7.04. The number of halogens is 3. The van der Waals surface area contributed by atoms with E-state index in [0.717, 1.165) is 49.3 Å². The summed E-state index contributed by atoms with van der Waals surface area (Å²) in [5.41, 5.74) is 7.52. The number of amides is 1. The lowest BCUT2D eigenvalue weighted by Gasteiger charge is -2.23. The van der Waals surface area contributed by atoms with Gasteiger partial charge in [-0.3, -0.25) is 9.48 Å². The molecule has 1 atom stereocenters. The number of benzene rings is 4. The second-order valence-corrected chi connectivity index (χ2v) is 11.2. The van der Waals surface area contributed by atoms with Gasteiger partial charge in [-0.05, 0) is 70.8 Å². The third-order valence-electron chi connectivity index (χ3n) is 8.39. The molecule has 2 heterocycles. The van der Waals surface area contributed by atoms with Gasteiger partial charge in [0.2, 0.25) is 0 Å². The number of hydrogen-bond acceptors (Lipinski definition) is 4. The first kappa shape index (κ1) is 27.8. The maximum Gasteiger partial charge on any atom is 0.416 e. The number of aryl methyl sites for hydroxylation is 1. The second-order valence-electron chi connectivity index (χ2n) is 11.2. The number of alkyl halides is 3. The zero-order chi connectivity index (χ0) is 30.4. The molecule has 5 aromatic rings. The number of fused-ring (bicyclic) bond motifs is 3. The standard InChI is InChI=1S/C35H29F3N4O2/c1-41-31(14-16-39-41)30-20-25(40-34(43)23-7-4-8-24(18-23)35(36,37)38)12-13-33(30)44-26-15-17-42(21-26)32-11-5-10-28-27-9-3-2-6-22(27)19-29(28)32/h2-14,16,18,20,26H,15,17,19,21H2,1H3,(H,40,43)/t26-/m1/s1. The lowest BCUT2D eigenvalue weighted by Crippen LogP contribution is -2.25. The van der Waals surface area contributed by atoms with Crippen molar-refractivity contribution in [2.75, 3.05) is 23.3 Å². The van der Waals surface area contributed by atoms with Crippen LogP contribution in [0.25, 0.3) is 22.4 Å². The Kier molecular flexibility index (Phi) is 6.88. The first-order chi connectivity index (χ1) is 21.2. The van der Waals surface area contributed by atoms with E-state index in [9.17, 15) is 18.0 Å². The normalized spacial score (nSPS) is 15.6. The van der Waals surface area contributed by atoms with E-state index in [-0.39, 0.29) is 11.7 Å². The van der Waals surface area contributed by atoms with Crippen molar-refractivity contribution in [1.29, 1.82) is 0 Å². The van der Waals surface area contributed by atoms with Crippen LogP contribution in [0.2, 0.25) is 0 Å². The van der Waals surface area contributed by atoms with Crippen LogP contribution in [-0.4, -0.2) is 34.9 Å². The Balaban J connectivity index is 1.12. The number of aromatic nitrogens is 2. The van der Waals surface area contributed by atoms with Crippen LogP contribution in [0.5, 0.6) is 5.75 Å². The Hall–Kier alpha value is -5.05. The molecule has 1 saturated heterocycles. The quantitative estimate of drug-likeness (QED) is 0.216. The number of rotatable bonds is 6. The van der Waals surface area contributed by atoms with Crippen molar-refractivity contribution in [3.05, 3.63) is 119 Å². The molecular formula is C35H29F3N4O2. The van der Waals surface area contributed by atoms with Gasteiger partial charge in [0.15, 0.2) is 0 Å². The Morgan fingerprint density at radius 1 is 0.932 bits per heavy atom. The molecule has 1 amide bonds. The Labute approximate surface area is 252 Å². The van der Waals surface area contributed by atoms with E-state index in [2.05, 4.69) is 57.8 Å². The molecule has 222 valence electrons. The number of carbonyl (C=O) groups is 1. The van der Waals surface area contributed by atoms with Crippen LogP contribution in [-0.2, 0) is 19.6 Å². The van der Waals surface area contributed by atoms with Gasteiger partial charge in [-0.15, -0.1) is 0 Å². The number of ether oxygens (including phenoxy) is 1. The molecule has 1 fully saturated rings. The van der Waals surface area contributed by atoms with Crippen LogP contribution in [0, 0.1) is 0 Å². The minimum atomic E-state index is -4.54. The van der Waals surface area contributed by atoms with Crippen molar-refractivity contribution >= 4 is 17.3 Å². The highest BCUT2D eigenvalue weighted by atomic mass is 19.4. The molecule has 0 bridgehead atoms. The first-order valence-electron chi connectivity index (χ1n) is 14.5. The molecule has 1 aliphatic heterocycles. The average Bonchev–Trinajstić information content (AvgIpc) is 3.76. The smallest absolute Gasteiger partial charge is 0.416 e. The van der Waals surface area contributed by atoms with Crippen LogP contribution in [0.4, 0.5) is 24.5 Å². The fourth-order valence-corrected chi connectivity index (χ4v) is 6.25. The zero-order valence-corrected chi connectivity index (χ0v) is 23.9. The van der Waals surface area contributed by atoms with Crippen molar-refractivity contribution in [1.82, 2.24) is 9.78 Å². The number of nitrogens with zero attached hydrogens (tertiary/aromatic N) is 3. The van der Waals surface area contributed by atoms with Crippen LogP contribution in [0.1, 0.15) is 33.5 Å². The minimum Gasteiger partial charge on any atom is -0.488 e. The largest absolute Gasteiger partial charge is 0.488 e. The average molecular weight is 595 g/mol. The molecule has 2 aliphatic rings. The van der Waals surface area contributed by atoms with E-state index in [0.29, 0.717) is 11.4 Å². The molecule has 44 heavy (non-hydrogen) atoms. The fraction of sp³-hybridized carbons (Fsp3) is 0.200. The summed E-state index contributed by atoms with van der Waals surface area (Å²) >= 11 is 0. The van der Waals surface area contributed by atoms with E-state index in [4.69, 9.17) is 4.74 Å². The molecule has 4 aromatic carbocycles. The van der Waals surface area contributed by atoms with Gasteiger partial charge in [-0.2, -0.15) is 18.3 Å². The highest BCUT2D eigenvalue weighted by Gasteiger charge is 2.32. The summed E-state index contributed by atoms with van der Waals surface area (Å²) in [4.78, 5) is 15.3. The number of anilines is 2. The molecule has 0 spiro atoms. The van der Waals surface area contributed by atoms with Gasteiger partial charge >= 0.3 is 6.18 Å². The molecule has 0 saturated carbocycles. The molecule has 1 N–H and O–H groups in total. The third kappa shape index (κ3) is 5.19. The van der Waals surface area contributed by atoms with Gasteiger partial charge in [-0.25, -0.2) is 0 Å². The van der Waals surface area contributed by atoms with Crippen molar-refractivity contribution in [2.24, 2.45) is 7.05 Å². The predicted molar refractivity (Wildman–Crippen MR) is 164 cm³/mol. The van der Waals surface area contributed by atoms with Crippen LogP contribution in [0.3, 0.4) is 0 Å². The molecule has 1 aromatic heterocycles. The number of carbonyl (C=O) groups excluding carboxylic acids is 1. The Morgan fingerprint density at radius 2 is 1.75 bits per heavy atom. The molecule has 0 radical (unpaired) electrons. The van der Waals surface area contributed by atoms with Crippen molar-refractivity contribution in [3.63, 3.8) is 0 Å². The molecule has 6 nitrogen and oxygen atoms in total. The highest BCUT2D eigenvalue weighted by Crippen LogP contribution is 2.42. The van der Waals surface area contributed by atoms with Crippen LogP contribution < -0.4 is 15.0 Å². The van der Waals surface area contributed by atoms with Gasteiger partial charge in [0.25, 0.3) is 5.91 Å². The highest BCUT2D eigenvalue weighted by molar-refractivity contribution is 6.04. The van der Waals surface area contributed by atoms with Crippen molar-refractivity contribution in [3.8, 4) is 28.1 Å². The van der Waals surface area contributed by atoms with Crippen molar-refractivity contribution < 1.29 is 22.7 Å². The first-order valence-corrected chi connectivity index (χ1v) is 14.5. The molecule has 0 unspecified atom stereocenters. The molecule has 1 aliphatic carbocycles. The monoisotopic (exact) mass is 594 g/mol. The van der Waals surface area contributed by atoms with Crippen molar-refractivity contribution in [2.45, 2.75) is 25.1 Å².